The summed E-state index contributed by atoms with van der Waals surface area (Å²) in [6, 6.07) is 15.7. The Morgan fingerprint density at radius 3 is 2.59 bits per heavy atom. The third kappa shape index (κ3) is 3.36. The minimum absolute atomic E-state index is 0.239. The maximum absolute atomic E-state index is 11.7. The van der Waals surface area contributed by atoms with E-state index in [-0.39, 0.29) is 5.76 Å². The molecule has 0 bridgehead atoms. The van der Waals surface area contributed by atoms with Crippen LogP contribution in [0.25, 0.3) is 11.0 Å². The highest BCUT2D eigenvalue weighted by molar-refractivity contribution is 9.10. The number of furan rings is 1. The summed E-state index contributed by atoms with van der Waals surface area (Å²) < 4.78 is 11.5. The van der Waals surface area contributed by atoms with Crippen LogP contribution in [0.15, 0.2) is 67.2 Å². The van der Waals surface area contributed by atoms with Crippen molar-refractivity contribution >= 4 is 44.6 Å². The van der Waals surface area contributed by atoms with Crippen molar-refractivity contribution in [3.8, 4) is 0 Å². The Bertz CT molecular complexity index is 808. The van der Waals surface area contributed by atoms with E-state index in [1.807, 2.05) is 30.3 Å². The van der Waals surface area contributed by atoms with Gasteiger partial charge < -0.3 is 9.15 Å². The molecule has 3 aromatic rings. The van der Waals surface area contributed by atoms with Gasteiger partial charge in [0.25, 0.3) is 0 Å². The first kappa shape index (κ1) is 15.2. The Labute approximate surface area is 140 Å². The normalized spacial score (nSPS) is 10.8. The lowest BCUT2D eigenvalue weighted by Crippen LogP contribution is -2.02. The summed E-state index contributed by atoms with van der Waals surface area (Å²) in [5, 5.41) is 0.894. The van der Waals surface area contributed by atoms with Crippen LogP contribution < -0.4 is 0 Å². The van der Waals surface area contributed by atoms with Gasteiger partial charge in [-0.2, -0.15) is 0 Å². The molecule has 0 fully saturated rings. The van der Waals surface area contributed by atoms with Crippen molar-refractivity contribution in [1.29, 1.82) is 0 Å². The van der Waals surface area contributed by atoms with Crippen LogP contribution >= 0.6 is 27.7 Å². The zero-order valence-electron chi connectivity index (χ0n) is 11.8. The number of esters is 1. The average Bonchev–Trinajstić information content (AvgIpc) is 2.93. The van der Waals surface area contributed by atoms with Crippen LogP contribution in [0.2, 0.25) is 0 Å². The number of carbonyl (C=O) groups excluding carboxylic acids is 1. The largest absolute Gasteiger partial charge is 0.460 e. The van der Waals surface area contributed by atoms with E-state index in [4.69, 9.17) is 9.15 Å². The third-order valence-corrected chi connectivity index (χ3v) is 4.54. The highest BCUT2D eigenvalue weighted by Gasteiger charge is 2.13. The third-order valence-electron chi connectivity index (χ3n) is 3.01. The number of ether oxygens (including phenoxy) is 1. The fourth-order valence-corrected chi connectivity index (χ4v) is 3.16. The maximum Gasteiger partial charge on any atom is 0.374 e. The molecule has 1 aromatic heterocycles. The molecule has 112 valence electrons. The van der Waals surface area contributed by atoms with E-state index < -0.39 is 5.97 Å². The monoisotopic (exact) mass is 376 g/mol. The van der Waals surface area contributed by atoms with E-state index in [1.54, 1.807) is 24.8 Å². The zero-order chi connectivity index (χ0) is 15.5. The fourth-order valence-electron chi connectivity index (χ4n) is 2.03. The smallest absolute Gasteiger partial charge is 0.374 e. The molecule has 0 aliphatic carbocycles. The molecular formula is C17H13BrO3S. The molecule has 0 saturated heterocycles. The lowest BCUT2D eigenvalue weighted by atomic mass is 10.2. The molecule has 2 aromatic carbocycles. The van der Waals surface area contributed by atoms with E-state index in [1.165, 1.54) is 0 Å². The molecule has 0 atom stereocenters. The first-order chi connectivity index (χ1) is 10.7. The second-order valence-corrected chi connectivity index (χ2v) is 6.65. The zero-order valence-corrected chi connectivity index (χ0v) is 14.2. The average molecular weight is 377 g/mol. The van der Waals surface area contributed by atoms with Gasteiger partial charge in [-0.05, 0) is 55.5 Å². The van der Waals surface area contributed by atoms with Gasteiger partial charge in [0.1, 0.15) is 5.58 Å². The predicted molar refractivity (Wildman–Crippen MR) is 90.4 cm³/mol. The summed E-state index contributed by atoms with van der Waals surface area (Å²) >= 11 is 5.09. The lowest BCUT2D eigenvalue weighted by molar-refractivity contribution is 0.0492. The summed E-state index contributed by atoms with van der Waals surface area (Å²) in [4.78, 5) is 13.9. The van der Waals surface area contributed by atoms with Gasteiger partial charge in [0.2, 0.25) is 5.76 Å². The molecule has 0 amide bonds. The van der Waals surface area contributed by atoms with Crippen molar-refractivity contribution in [3.05, 3.63) is 58.8 Å². The molecule has 3 rings (SSSR count). The van der Waals surface area contributed by atoms with Gasteiger partial charge in [-0.1, -0.05) is 27.7 Å². The van der Waals surface area contributed by atoms with Crippen LogP contribution in [0.4, 0.5) is 0 Å². The Balaban J connectivity index is 1.86. The molecule has 5 heteroatoms. The summed E-state index contributed by atoms with van der Waals surface area (Å²) in [5.41, 5.74) is 0.684. The molecule has 0 unspecified atom stereocenters. The fraction of sp³-hybridized carbons (Fsp3) is 0.118. The minimum Gasteiger partial charge on any atom is -0.460 e. The first-order valence-corrected chi connectivity index (χ1v) is 8.41. The Hall–Kier alpha value is -1.72. The van der Waals surface area contributed by atoms with Crippen LogP contribution in [-0.2, 0) is 4.74 Å². The van der Waals surface area contributed by atoms with Gasteiger partial charge in [0.05, 0.1) is 6.61 Å². The number of hydrogen-bond acceptors (Lipinski definition) is 4. The maximum atomic E-state index is 11.7. The van der Waals surface area contributed by atoms with Crippen LogP contribution in [0, 0.1) is 0 Å². The quantitative estimate of drug-likeness (QED) is 0.561. The van der Waals surface area contributed by atoms with Crippen molar-refractivity contribution in [3.63, 3.8) is 0 Å². The van der Waals surface area contributed by atoms with Crippen molar-refractivity contribution < 1.29 is 13.9 Å². The molecule has 3 nitrogen and oxygen atoms in total. The van der Waals surface area contributed by atoms with Crippen molar-refractivity contribution in [2.24, 2.45) is 0 Å². The predicted octanol–water partition coefficient (Wildman–Crippen LogP) is 5.52. The Morgan fingerprint density at radius 1 is 1.14 bits per heavy atom. The second-order valence-electron chi connectivity index (χ2n) is 4.59. The van der Waals surface area contributed by atoms with Gasteiger partial charge in [-0.3, -0.25) is 0 Å². The van der Waals surface area contributed by atoms with Crippen molar-refractivity contribution in [2.75, 3.05) is 6.61 Å². The van der Waals surface area contributed by atoms with Gasteiger partial charge in [-0.25, -0.2) is 4.79 Å². The number of halogens is 1. The molecule has 22 heavy (non-hydrogen) atoms. The highest BCUT2D eigenvalue weighted by Crippen LogP contribution is 2.32. The minimum atomic E-state index is -0.430. The SMILES string of the molecule is CCOC(=O)c1cc2cc(Sc3ccc(Br)cc3)ccc2o1. The molecule has 0 N–H and O–H groups in total. The molecule has 0 aliphatic rings. The summed E-state index contributed by atoms with van der Waals surface area (Å²) in [6.45, 7) is 2.11. The van der Waals surface area contributed by atoms with Gasteiger partial charge in [0, 0.05) is 19.6 Å². The van der Waals surface area contributed by atoms with E-state index in [2.05, 4.69) is 28.1 Å². The number of fused-ring (bicyclic) bond motifs is 1. The van der Waals surface area contributed by atoms with Crippen LogP contribution in [0.3, 0.4) is 0 Å². The molecule has 0 spiro atoms. The van der Waals surface area contributed by atoms with Gasteiger partial charge in [0.15, 0.2) is 0 Å². The molecule has 1 heterocycles. The number of hydrogen-bond donors (Lipinski definition) is 0. The van der Waals surface area contributed by atoms with Gasteiger partial charge in [-0.15, -0.1) is 0 Å². The second kappa shape index (κ2) is 6.58. The summed E-state index contributed by atoms with van der Waals surface area (Å²) in [7, 11) is 0. The molecule has 0 radical (unpaired) electrons. The van der Waals surface area contributed by atoms with E-state index in [0.29, 0.717) is 12.2 Å². The molecule has 0 saturated carbocycles. The van der Waals surface area contributed by atoms with E-state index in [0.717, 1.165) is 19.6 Å². The van der Waals surface area contributed by atoms with Crippen molar-refractivity contribution in [1.82, 2.24) is 0 Å². The lowest BCUT2D eigenvalue weighted by Gasteiger charge is -2.01. The Morgan fingerprint density at radius 2 is 1.86 bits per heavy atom. The van der Waals surface area contributed by atoms with Crippen LogP contribution in [-0.4, -0.2) is 12.6 Å². The molecule has 0 aliphatic heterocycles. The van der Waals surface area contributed by atoms with Crippen LogP contribution in [0.5, 0.6) is 0 Å². The van der Waals surface area contributed by atoms with Crippen molar-refractivity contribution in [2.45, 2.75) is 16.7 Å². The first-order valence-electron chi connectivity index (χ1n) is 6.80. The Kier molecular flexibility index (Phi) is 4.55. The van der Waals surface area contributed by atoms with Crippen LogP contribution in [0.1, 0.15) is 17.5 Å². The van der Waals surface area contributed by atoms with E-state index in [9.17, 15) is 4.79 Å². The number of rotatable bonds is 4. The topological polar surface area (TPSA) is 39.4 Å². The number of carbonyl (C=O) groups is 1. The summed E-state index contributed by atoms with van der Waals surface area (Å²) in [5.74, 6) is -0.191. The van der Waals surface area contributed by atoms with Gasteiger partial charge >= 0.3 is 5.97 Å². The number of benzene rings is 2. The molecular weight excluding hydrogens is 364 g/mol. The highest BCUT2D eigenvalue weighted by atomic mass is 79.9. The van der Waals surface area contributed by atoms with E-state index >= 15 is 0 Å². The summed E-state index contributed by atoms with van der Waals surface area (Å²) in [6.07, 6.45) is 0. The standard InChI is InChI=1S/C17H13BrO3S/c1-2-20-17(19)16-10-11-9-14(7-8-15(11)21-16)22-13-5-3-12(18)4-6-13/h3-10H,2H2,1H3.